The van der Waals surface area contributed by atoms with Crippen LogP contribution in [-0.4, -0.2) is 61.0 Å². The summed E-state index contributed by atoms with van der Waals surface area (Å²) < 4.78 is 59.7. The van der Waals surface area contributed by atoms with Gasteiger partial charge in [-0.2, -0.15) is 8.78 Å². The van der Waals surface area contributed by atoms with E-state index in [9.17, 15) is 17.2 Å². The maximum atomic E-state index is 13.9. The van der Waals surface area contributed by atoms with E-state index >= 15 is 0 Å². The molecule has 2 fully saturated rings. The SMILES string of the molecule is Cl.Cl.O=S(=O)(C1CCN(C2CNC2)CC1)N(Cc1ccc(-c2nnc(C(F)F)o2)cc1)c1cccc(Cl)c1. The maximum Gasteiger partial charge on any atom is 0.314 e. The normalized spacial score (nSPS) is 16.9. The molecule has 208 valence electrons. The van der Waals surface area contributed by atoms with Crippen molar-refractivity contribution in [1.82, 2.24) is 20.4 Å². The molecule has 14 heteroatoms. The molecule has 0 radical (unpaired) electrons. The molecule has 2 aliphatic heterocycles. The topological polar surface area (TPSA) is 91.6 Å². The average molecular weight is 611 g/mol. The van der Waals surface area contributed by atoms with Crippen LogP contribution >= 0.6 is 36.4 Å². The fraction of sp³-hybridized carbons (Fsp3) is 0.417. The van der Waals surface area contributed by atoms with E-state index in [1.165, 1.54) is 4.31 Å². The summed E-state index contributed by atoms with van der Waals surface area (Å²) in [6.45, 7) is 3.50. The molecule has 2 aliphatic rings. The minimum Gasteiger partial charge on any atom is -0.415 e. The van der Waals surface area contributed by atoms with Crippen molar-refractivity contribution in [3.05, 3.63) is 65.0 Å². The van der Waals surface area contributed by atoms with Crippen LogP contribution in [0.5, 0.6) is 0 Å². The lowest BCUT2D eigenvalue weighted by Crippen LogP contribution is -2.59. The molecular formula is C24H28Cl3F2N5O3S. The number of anilines is 1. The second-order valence-corrected chi connectivity index (χ2v) is 11.6. The maximum absolute atomic E-state index is 13.9. The van der Waals surface area contributed by atoms with Gasteiger partial charge in [-0.3, -0.25) is 9.21 Å². The Morgan fingerprint density at radius 2 is 1.76 bits per heavy atom. The van der Waals surface area contributed by atoms with Crippen LogP contribution in [0.4, 0.5) is 14.5 Å². The molecule has 2 aromatic carbocycles. The first-order valence-corrected chi connectivity index (χ1v) is 13.6. The Balaban J connectivity index is 0.00000200. The van der Waals surface area contributed by atoms with Crippen LogP contribution in [-0.2, 0) is 16.6 Å². The molecule has 3 aromatic rings. The van der Waals surface area contributed by atoms with Gasteiger partial charge in [-0.15, -0.1) is 35.0 Å². The molecule has 1 aromatic heterocycles. The van der Waals surface area contributed by atoms with Crippen molar-refractivity contribution in [2.75, 3.05) is 30.5 Å². The highest BCUT2D eigenvalue weighted by atomic mass is 35.5. The summed E-state index contributed by atoms with van der Waals surface area (Å²) in [7, 11) is -3.69. The number of likely N-dealkylation sites (tertiary alicyclic amines) is 1. The van der Waals surface area contributed by atoms with Crippen molar-refractivity contribution >= 4 is 52.1 Å². The van der Waals surface area contributed by atoms with Crippen LogP contribution in [0.1, 0.15) is 30.7 Å². The first-order chi connectivity index (χ1) is 17.3. The molecule has 3 heterocycles. The zero-order valence-corrected chi connectivity index (χ0v) is 23.4. The molecule has 0 unspecified atom stereocenters. The Morgan fingerprint density at radius 3 is 2.32 bits per heavy atom. The number of sulfonamides is 1. The van der Waals surface area contributed by atoms with Crippen LogP contribution < -0.4 is 9.62 Å². The Kier molecular flexibility index (Phi) is 10.4. The van der Waals surface area contributed by atoms with Crippen molar-refractivity contribution < 1.29 is 21.6 Å². The van der Waals surface area contributed by atoms with Gasteiger partial charge in [0.1, 0.15) is 0 Å². The smallest absolute Gasteiger partial charge is 0.314 e. The van der Waals surface area contributed by atoms with Gasteiger partial charge in [0.05, 0.1) is 17.5 Å². The average Bonchev–Trinajstić information content (AvgIpc) is 3.33. The Bertz CT molecular complexity index is 1300. The van der Waals surface area contributed by atoms with Crippen molar-refractivity contribution in [3.63, 3.8) is 0 Å². The second kappa shape index (κ2) is 12.9. The highest BCUT2D eigenvalue weighted by Gasteiger charge is 2.37. The zero-order chi connectivity index (χ0) is 25.3. The fourth-order valence-electron chi connectivity index (χ4n) is 4.57. The van der Waals surface area contributed by atoms with E-state index in [1.54, 1.807) is 48.5 Å². The number of nitrogens with one attached hydrogen (secondary N) is 1. The molecule has 0 aliphatic carbocycles. The third-order valence-electron chi connectivity index (χ3n) is 6.73. The monoisotopic (exact) mass is 609 g/mol. The summed E-state index contributed by atoms with van der Waals surface area (Å²) in [5, 5.41) is 10.2. The Hall–Kier alpha value is -2.02. The molecule has 38 heavy (non-hydrogen) atoms. The Labute approximate surface area is 237 Å². The van der Waals surface area contributed by atoms with Crippen molar-refractivity contribution in [2.24, 2.45) is 0 Å². The predicted octanol–water partition coefficient (Wildman–Crippen LogP) is 4.94. The summed E-state index contributed by atoms with van der Waals surface area (Å²) >= 11 is 6.21. The van der Waals surface area contributed by atoms with Crippen LogP contribution in [0, 0.1) is 0 Å². The van der Waals surface area contributed by atoms with Crippen molar-refractivity contribution in [2.45, 2.75) is 37.1 Å². The molecule has 2 saturated heterocycles. The number of aromatic nitrogens is 2. The van der Waals surface area contributed by atoms with Crippen LogP contribution in [0.15, 0.2) is 52.9 Å². The molecular weight excluding hydrogens is 583 g/mol. The van der Waals surface area contributed by atoms with E-state index in [2.05, 4.69) is 20.4 Å². The lowest BCUT2D eigenvalue weighted by molar-refractivity contribution is 0.116. The number of hydrogen-bond acceptors (Lipinski definition) is 7. The first-order valence-electron chi connectivity index (χ1n) is 11.7. The minimum absolute atomic E-state index is 0. The predicted molar refractivity (Wildman–Crippen MR) is 147 cm³/mol. The van der Waals surface area contributed by atoms with Gasteiger partial charge in [-0.1, -0.05) is 29.8 Å². The van der Waals surface area contributed by atoms with E-state index in [0.717, 1.165) is 26.2 Å². The summed E-state index contributed by atoms with van der Waals surface area (Å²) in [6, 6.07) is 14.0. The molecule has 0 bridgehead atoms. The third kappa shape index (κ3) is 6.57. The van der Waals surface area contributed by atoms with Gasteiger partial charge >= 0.3 is 6.43 Å². The van der Waals surface area contributed by atoms with Gasteiger partial charge in [0.2, 0.25) is 15.9 Å². The number of alkyl halides is 2. The van der Waals surface area contributed by atoms with Gasteiger partial charge in [0.15, 0.2) is 0 Å². The minimum atomic E-state index is -3.69. The second-order valence-electron chi connectivity index (χ2n) is 9.02. The quantitative estimate of drug-likeness (QED) is 0.386. The van der Waals surface area contributed by atoms with E-state index in [1.807, 2.05) is 0 Å². The van der Waals surface area contributed by atoms with Crippen LogP contribution in [0.2, 0.25) is 5.02 Å². The largest absolute Gasteiger partial charge is 0.415 e. The van der Waals surface area contributed by atoms with Gasteiger partial charge in [-0.05, 0) is 61.8 Å². The molecule has 8 nitrogen and oxygen atoms in total. The van der Waals surface area contributed by atoms with E-state index in [0.29, 0.717) is 40.7 Å². The summed E-state index contributed by atoms with van der Waals surface area (Å²) in [5.74, 6) is -0.767. The van der Waals surface area contributed by atoms with Crippen LogP contribution in [0.3, 0.4) is 0 Å². The molecule has 0 amide bonds. The third-order valence-corrected chi connectivity index (χ3v) is 9.24. The first kappa shape index (κ1) is 30.5. The van der Waals surface area contributed by atoms with Gasteiger partial charge in [-0.25, -0.2) is 8.42 Å². The standard InChI is InChI=1S/C24H26ClF2N5O3S.2ClH/c25-18-2-1-3-19(12-18)32(36(33,34)21-8-10-31(11-9-21)20-13-28-14-20)15-16-4-6-17(7-5-16)23-29-30-24(35-23)22(26)27;;/h1-7,12,20-22,28H,8-11,13-15H2;2*1H. The number of benzene rings is 2. The summed E-state index contributed by atoms with van der Waals surface area (Å²) in [4.78, 5) is 2.36. The number of rotatable bonds is 8. The van der Waals surface area contributed by atoms with Gasteiger partial charge in [0.25, 0.3) is 5.89 Å². The zero-order valence-electron chi connectivity index (χ0n) is 20.2. The highest BCUT2D eigenvalue weighted by Crippen LogP contribution is 2.31. The summed E-state index contributed by atoms with van der Waals surface area (Å²) in [6.07, 6.45) is -1.71. The molecule has 5 rings (SSSR count). The number of halogens is 5. The van der Waals surface area contributed by atoms with E-state index < -0.39 is 27.6 Å². The lowest BCUT2D eigenvalue weighted by atomic mass is 10.0. The van der Waals surface area contributed by atoms with Gasteiger partial charge in [0, 0.05) is 29.7 Å². The molecule has 0 atom stereocenters. The summed E-state index contributed by atoms with van der Waals surface area (Å²) in [5.41, 5.74) is 1.68. The molecule has 0 spiro atoms. The fourth-order valence-corrected chi connectivity index (χ4v) is 6.66. The van der Waals surface area contributed by atoms with Gasteiger partial charge < -0.3 is 9.73 Å². The van der Waals surface area contributed by atoms with Crippen molar-refractivity contribution in [1.29, 1.82) is 0 Å². The van der Waals surface area contributed by atoms with E-state index in [-0.39, 0.29) is 37.2 Å². The van der Waals surface area contributed by atoms with Crippen LogP contribution in [0.25, 0.3) is 11.5 Å². The number of piperidine rings is 1. The molecule has 1 N–H and O–H groups in total. The number of hydrogen-bond donors (Lipinski definition) is 1. The molecule has 0 saturated carbocycles. The van der Waals surface area contributed by atoms with E-state index in [4.69, 9.17) is 16.0 Å². The Morgan fingerprint density at radius 1 is 1.08 bits per heavy atom. The number of nitrogens with zero attached hydrogens (tertiary/aromatic N) is 4. The highest BCUT2D eigenvalue weighted by molar-refractivity contribution is 7.93. The lowest BCUT2D eigenvalue weighted by Gasteiger charge is -2.42. The van der Waals surface area contributed by atoms with Crippen molar-refractivity contribution in [3.8, 4) is 11.5 Å².